The summed E-state index contributed by atoms with van der Waals surface area (Å²) in [6, 6.07) is 8.08. The second kappa shape index (κ2) is 8.01. The fourth-order valence-corrected chi connectivity index (χ4v) is 4.15. The van der Waals surface area contributed by atoms with Crippen molar-refractivity contribution in [1.29, 1.82) is 0 Å². The molecule has 1 saturated heterocycles. The lowest BCUT2D eigenvalue weighted by Crippen LogP contribution is -2.60. The Morgan fingerprint density at radius 1 is 1.11 bits per heavy atom. The van der Waals surface area contributed by atoms with Crippen molar-refractivity contribution in [3.8, 4) is 11.4 Å². The lowest BCUT2D eigenvalue weighted by atomic mass is 9.81. The molecule has 1 aromatic heterocycles. The molecule has 28 heavy (non-hydrogen) atoms. The molecule has 1 aliphatic carbocycles. The zero-order chi connectivity index (χ0) is 19.6. The van der Waals surface area contributed by atoms with Crippen LogP contribution < -0.4 is 5.73 Å². The van der Waals surface area contributed by atoms with E-state index in [1.165, 1.54) is 12.0 Å². The van der Waals surface area contributed by atoms with Crippen molar-refractivity contribution in [2.45, 2.75) is 51.1 Å². The van der Waals surface area contributed by atoms with Crippen LogP contribution in [-0.4, -0.2) is 57.6 Å². The van der Waals surface area contributed by atoms with Crippen LogP contribution in [0.4, 0.5) is 0 Å². The molecule has 2 aromatic rings. The van der Waals surface area contributed by atoms with Crippen LogP contribution in [0.3, 0.4) is 0 Å². The van der Waals surface area contributed by atoms with Gasteiger partial charge >= 0.3 is 0 Å². The molecule has 1 amide bonds. The summed E-state index contributed by atoms with van der Waals surface area (Å²) < 4.78 is 5.43. The molecule has 1 aliphatic heterocycles. The van der Waals surface area contributed by atoms with Crippen molar-refractivity contribution < 1.29 is 9.32 Å². The molecule has 2 heterocycles. The van der Waals surface area contributed by atoms with Crippen molar-refractivity contribution >= 4 is 5.91 Å². The minimum Gasteiger partial charge on any atom is -0.339 e. The fourth-order valence-electron chi connectivity index (χ4n) is 4.15. The van der Waals surface area contributed by atoms with Gasteiger partial charge in [-0.05, 0) is 19.8 Å². The Bertz CT molecular complexity index is 802. The van der Waals surface area contributed by atoms with E-state index in [9.17, 15) is 4.79 Å². The Labute approximate surface area is 165 Å². The van der Waals surface area contributed by atoms with E-state index in [4.69, 9.17) is 10.3 Å². The normalized spacial score (nSPS) is 20.3. The number of amides is 1. The van der Waals surface area contributed by atoms with Crippen molar-refractivity contribution in [1.82, 2.24) is 19.9 Å². The standard InChI is InChI=1S/C21H29N5O2/c1-16-5-7-17(8-6-16)19-23-18(28-24-19)15-25-11-13-26(14-12-25)20(27)21(22)9-3-2-4-10-21/h5-8H,2-4,9-15,22H2,1H3. The number of aryl methyl sites for hydroxylation is 1. The number of carbonyl (C=O) groups excluding carboxylic acids is 1. The first-order valence-electron chi connectivity index (χ1n) is 10.2. The number of piperazine rings is 1. The molecule has 0 radical (unpaired) electrons. The molecule has 1 saturated carbocycles. The quantitative estimate of drug-likeness (QED) is 0.872. The van der Waals surface area contributed by atoms with E-state index in [0.29, 0.717) is 31.3 Å². The van der Waals surface area contributed by atoms with E-state index in [-0.39, 0.29) is 5.91 Å². The lowest BCUT2D eigenvalue weighted by molar-refractivity contribution is -0.140. The van der Waals surface area contributed by atoms with Gasteiger partial charge in [0, 0.05) is 31.7 Å². The van der Waals surface area contributed by atoms with Crippen LogP contribution in [0.5, 0.6) is 0 Å². The van der Waals surface area contributed by atoms with E-state index < -0.39 is 5.54 Å². The molecule has 7 heteroatoms. The number of nitrogens with two attached hydrogens (primary N) is 1. The molecular formula is C21H29N5O2. The number of aromatic nitrogens is 2. The number of hydrogen-bond acceptors (Lipinski definition) is 6. The maximum atomic E-state index is 12.9. The number of benzene rings is 1. The Kier molecular flexibility index (Phi) is 5.46. The van der Waals surface area contributed by atoms with Gasteiger partial charge in [-0.1, -0.05) is 54.2 Å². The maximum Gasteiger partial charge on any atom is 0.242 e. The second-order valence-corrected chi connectivity index (χ2v) is 8.16. The predicted molar refractivity (Wildman–Crippen MR) is 106 cm³/mol. The zero-order valence-corrected chi connectivity index (χ0v) is 16.6. The van der Waals surface area contributed by atoms with Crippen LogP contribution in [0.25, 0.3) is 11.4 Å². The first kappa shape index (κ1) is 19.1. The first-order chi connectivity index (χ1) is 13.5. The van der Waals surface area contributed by atoms with Gasteiger partial charge in [0.2, 0.25) is 17.6 Å². The smallest absolute Gasteiger partial charge is 0.242 e. The molecule has 2 aliphatic rings. The minimum absolute atomic E-state index is 0.131. The van der Waals surface area contributed by atoms with Crippen molar-refractivity contribution in [3.05, 3.63) is 35.7 Å². The Balaban J connectivity index is 1.31. The average molecular weight is 383 g/mol. The molecule has 0 unspecified atom stereocenters. The van der Waals surface area contributed by atoms with E-state index in [0.717, 1.165) is 44.3 Å². The van der Waals surface area contributed by atoms with Crippen LogP contribution in [-0.2, 0) is 11.3 Å². The first-order valence-corrected chi connectivity index (χ1v) is 10.2. The molecule has 0 spiro atoms. The SMILES string of the molecule is Cc1ccc(-c2noc(CN3CCN(C(=O)C4(N)CCCCC4)CC3)n2)cc1. The van der Waals surface area contributed by atoms with E-state index in [1.807, 2.05) is 29.2 Å². The van der Waals surface area contributed by atoms with Gasteiger partial charge in [-0.25, -0.2) is 0 Å². The molecule has 2 fully saturated rings. The van der Waals surface area contributed by atoms with E-state index in [1.54, 1.807) is 0 Å². The van der Waals surface area contributed by atoms with Crippen molar-refractivity contribution in [3.63, 3.8) is 0 Å². The summed E-state index contributed by atoms with van der Waals surface area (Å²) in [7, 11) is 0. The molecule has 2 N–H and O–H groups in total. The van der Waals surface area contributed by atoms with Gasteiger partial charge in [-0.3, -0.25) is 9.69 Å². The molecule has 0 atom stereocenters. The number of hydrogen-bond donors (Lipinski definition) is 1. The molecule has 150 valence electrons. The zero-order valence-electron chi connectivity index (χ0n) is 16.6. The van der Waals surface area contributed by atoms with Crippen LogP contribution in [0, 0.1) is 6.92 Å². The Morgan fingerprint density at radius 2 is 1.79 bits per heavy atom. The summed E-state index contributed by atoms with van der Waals surface area (Å²) in [6.07, 6.45) is 4.94. The third-order valence-electron chi connectivity index (χ3n) is 5.97. The van der Waals surface area contributed by atoms with Crippen molar-refractivity contribution in [2.75, 3.05) is 26.2 Å². The number of rotatable bonds is 4. The summed E-state index contributed by atoms with van der Waals surface area (Å²) in [4.78, 5) is 21.6. The highest BCUT2D eigenvalue weighted by Gasteiger charge is 2.39. The lowest BCUT2D eigenvalue weighted by Gasteiger charge is -2.40. The van der Waals surface area contributed by atoms with Crippen molar-refractivity contribution in [2.24, 2.45) is 5.73 Å². The highest BCUT2D eigenvalue weighted by molar-refractivity contribution is 5.86. The van der Waals surface area contributed by atoms with Crippen LogP contribution in [0.1, 0.15) is 43.6 Å². The number of nitrogens with zero attached hydrogens (tertiary/aromatic N) is 4. The summed E-state index contributed by atoms with van der Waals surface area (Å²) >= 11 is 0. The second-order valence-electron chi connectivity index (χ2n) is 8.16. The van der Waals surface area contributed by atoms with Gasteiger partial charge in [0.05, 0.1) is 12.1 Å². The maximum absolute atomic E-state index is 12.9. The Morgan fingerprint density at radius 3 is 2.46 bits per heavy atom. The number of carbonyl (C=O) groups is 1. The molecular weight excluding hydrogens is 354 g/mol. The molecule has 4 rings (SSSR count). The van der Waals surface area contributed by atoms with Gasteiger partial charge in [-0.2, -0.15) is 4.98 Å². The molecule has 1 aromatic carbocycles. The van der Waals surface area contributed by atoms with Gasteiger partial charge < -0.3 is 15.2 Å². The third kappa shape index (κ3) is 4.10. The summed E-state index contributed by atoms with van der Waals surface area (Å²) in [5.41, 5.74) is 7.93. The van der Waals surface area contributed by atoms with Gasteiger partial charge in [-0.15, -0.1) is 0 Å². The van der Waals surface area contributed by atoms with E-state index >= 15 is 0 Å². The largest absolute Gasteiger partial charge is 0.339 e. The average Bonchev–Trinajstić information content (AvgIpc) is 3.17. The minimum atomic E-state index is -0.643. The summed E-state index contributed by atoms with van der Waals surface area (Å²) in [5.74, 6) is 1.36. The Hall–Kier alpha value is -2.25. The predicted octanol–water partition coefficient (Wildman–Crippen LogP) is 2.35. The van der Waals surface area contributed by atoms with E-state index in [2.05, 4.69) is 22.0 Å². The van der Waals surface area contributed by atoms with Gasteiger partial charge in [0.1, 0.15) is 0 Å². The van der Waals surface area contributed by atoms with Crippen LogP contribution >= 0.6 is 0 Å². The van der Waals surface area contributed by atoms with Crippen LogP contribution in [0.15, 0.2) is 28.8 Å². The highest BCUT2D eigenvalue weighted by atomic mass is 16.5. The van der Waals surface area contributed by atoms with Gasteiger partial charge in [0.15, 0.2) is 0 Å². The van der Waals surface area contributed by atoms with Gasteiger partial charge in [0.25, 0.3) is 0 Å². The highest BCUT2D eigenvalue weighted by Crippen LogP contribution is 2.28. The van der Waals surface area contributed by atoms with Crippen LogP contribution in [0.2, 0.25) is 0 Å². The molecule has 0 bridgehead atoms. The fraction of sp³-hybridized carbons (Fsp3) is 0.571. The summed E-state index contributed by atoms with van der Waals surface area (Å²) in [6.45, 7) is 5.66. The summed E-state index contributed by atoms with van der Waals surface area (Å²) in [5, 5.41) is 4.10. The molecule has 7 nitrogen and oxygen atoms in total. The third-order valence-corrected chi connectivity index (χ3v) is 5.97. The monoisotopic (exact) mass is 383 g/mol. The topological polar surface area (TPSA) is 88.5 Å².